The van der Waals surface area contributed by atoms with E-state index in [-0.39, 0.29) is 0 Å². The Labute approximate surface area is 125 Å². The zero-order chi connectivity index (χ0) is 14.6. The first kappa shape index (κ1) is 16.3. The second-order valence-corrected chi connectivity index (χ2v) is 7.52. The summed E-state index contributed by atoms with van der Waals surface area (Å²) in [5.41, 5.74) is 0.421. The highest BCUT2D eigenvalue weighted by Gasteiger charge is 2.42. The molecule has 2 N–H and O–H groups in total. The number of aliphatic hydroxyl groups is 1. The van der Waals surface area contributed by atoms with Crippen LogP contribution in [-0.2, 0) is 0 Å². The lowest BCUT2D eigenvalue weighted by Gasteiger charge is -2.41. The van der Waals surface area contributed by atoms with Crippen molar-refractivity contribution < 1.29 is 5.11 Å². The van der Waals surface area contributed by atoms with Crippen LogP contribution in [0.3, 0.4) is 0 Å². The van der Waals surface area contributed by atoms with E-state index >= 15 is 0 Å². The fraction of sp³-hybridized carbons (Fsp3) is 1.00. The highest BCUT2D eigenvalue weighted by molar-refractivity contribution is 4.98. The molecular weight excluding hydrogens is 248 g/mol. The molecule has 118 valence electrons. The van der Waals surface area contributed by atoms with Crippen LogP contribution in [-0.4, -0.2) is 48.3 Å². The maximum absolute atomic E-state index is 9.33. The van der Waals surface area contributed by atoms with Crippen molar-refractivity contribution in [3.8, 4) is 0 Å². The van der Waals surface area contributed by atoms with Gasteiger partial charge in [0.2, 0.25) is 0 Å². The molecule has 2 unspecified atom stereocenters. The molecular formula is C17H34N2O. The van der Waals surface area contributed by atoms with Gasteiger partial charge in [0.05, 0.1) is 6.61 Å². The van der Waals surface area contributed by atoms with Gasteiger partial charge < -0.3 is 10.4 Å². The van der Waals surface area contributed by atoms with Gasteiger partial charge in [-0.3, -0.25) is 4.90 Å². The van der Waals surface area contributed by atoms with Gasteiger partial charge in [0.25, 0.3) is 0 Å². The van der Waals surface area contributed by atoms with Crippen molar-refractivity contribution in [2.45, 2.75) is 71.4 Å². The molecule has 0 amide bonds. The summed E-state index contributed by atoms with van der Waals surface area (Å²) < 4.78 is 0. The van der Waals surface area contributed by atoms with Gasteiger partial charge >= 0.3 is 0 Å². The molecule has 0 saturated heterocycles. The molecule has 0 aliphatic heterocycles. The Hall–Kier alpha value is -0.120. The zero-order valence-electron chi connectivity index (χ0n) is 13.7. The highest BCUT2D eigenvalue weighted by atomic mass is 16.3. The van der Waals surface area contributed by atoms with Gasteiger partial charge in [0.15, 0.2) is 0 Å². The van der Waals surface area contributed by atoms with E-state index in [1.807, 2.05) is 0 Å². The summed E-state index contributed by atoms with van der Waals surface area (Å²) in [5, 5.41) is 13.1. The Bertz CT molecular complexity index is 289. The van der Waals surface area contributed by atoms with Crippen LogP contribution in [0.15, 0.2) is 0 Å². The third-order valence-electron chi connectivity index (χ3n) is 5.53. The van der Waals surface area contributed by atoms with Gasteiger partial charge in [-0.2, -0.15) is 0 Å². The molecule has 2 aliphatic rings. The van der Waals surface area contributed by atoms with Gasteiger partial charge in [0.1, 0.15) is 0 Å². The van der Waals surface area contributed by atoms with Crippen molar-refractivity contribution in [3.05, 3.63) is 0 Å². The SMILES string of the molecule is CCCNC1C(CN(CCO)C2CCC2)CCC1(C)C. The van der Waals surface area contributed by atoms with Crippen molar-refractivity contribution >= 4 is 0 Å². The standard InChI is InChI=1S/C17H34N2O/c1-4-10-18-16-14(8-9-17(16,2)3)13-19(11-12-20)15-6-5-7-15/h14-16,18,20H,4-13H2,1-3H3. The number of rotatable bonds is 8. The monoisotopic (exact) mass is 282 g/mol. The average Bonchev–Trinajstić information content (AvgIpc) is 2.60. The molecule has 3 heteroatoms. The van der Waals surface area contributed by atoms with Crippen LogP contribution < -0.4 is 5.32 Å². The molecule has 3 nitrogen and oxygen atoms in total. The summed E-state index contributed by atoms with van der Waals surface area (Å²) in [4.78, 5) is 2.57. The maximum Gasteiger partial charge on any atom is 0.0558 e. The molecule has 20 heavy (non-hydrogen) atoms. The van der Waals surface area contributed by atoms with Crippen molar-refractivity contribution in [2.24, 2.45) is 11.3 Å². The van der Waals surface area contributed by atoms with E-state index in [0.717, 1.165) is 25.0 Å². The molecule has 2 rings (SSSR count). The lowest BCUT2D eigenvalue weighted by atomic mass is 9.84. The molecule has 2 atom stereocenters. The first-order chi connectivity index (χ1) is 9.58. The Morgan fingerprint density at radius 3 is 2.55 bits per heavy atom. The summed E-state index contributed by atoms with van der Waals surface area (Å²) in [6.07, 6.45) is 7.93. The van der Waals surface area contributed by atoms with Crippen LogP contribution in [0.1, 0.15) is 59.3 Å². The molecule has 0 aromatic heterocycles. The molecule has 0 spiro atoms. The van der Waals surface area contributed by atoms with Crippen LogP contribution in [0, 0.1) is 11.3 Å². The minimum atomic E-state index is 0.305. The second-order valence-electron chi connectivity index (χ2n) is 7.52. The molecule has 0 heterocycles. The normalized spacial score (nSPS) is 29.9. The lowest BCUT2D eigenvalue weighted by Crippen LogP contribution is -2.49. The van der Waals surface area contributed by atoms with E-state index in [1.165, 1.54) is 45.1 Å². The maximum atomic E-state index is 9.33. The van der Waals surface area contributed by atoms with Crippen LogP contribution in [0.2, 0.25) is 0 Å². The molecule has 0 radical (unpaired) electrons. The van der Waals surface area contributed by atoms with Crippen LogP contribution >= 0.6 is 0 Å². The van der Waals surface area contributed by atoms with Crippen LogP contribution in [0.5, 0.6) is 0 Å². The zero-order valence-corrected chi connectivity index (χ0v) is 13.7. The van der Waals surface area contributed by atoms with E-state index < -0.39 is 0 Å². The Kier molecular flexibility index (Phi) is 5.88. The molecule has 0 aromatic carbocycles. The average molecular weight is 282 g/mol. The summed E-state index contributed by atoms with van der Waals surface area (Å²) in [6, 6.07) is 1.39. The Balaban J connectivity index is 1.94. The minimum absolute atomic E-state index is 0.305. The van der Waals surface area contributed by atoms with Gasteiger partial charge in [-0.15, -0.1) is 0 Å². The molecule has 0 aromatic rings. The van der Waals surface area contributed by atoms with Crippen LogP contribution in [0.4, 0.5) is 0 Å². The van der Waals surface area contributed by atoms with E-state index in [9.17, 15) is 5.11 Å². The Morgan fingerprint density at radius 1 is 1.25 bits per heavy atom. The first-order valence-corrected chi connectivity index (χ1v) is 8.66. The third-order valence-corrected chi connectivity index (χ3v) is 5.53. The van der Waals surface area contributed by atoms with E-state index in [4.69, 9.17) is 0 Å². The summed E-state index contributed by atoms with van der Waals surface area (Å²) >= 11 is 0. The first-order valence-electron chi connectivity index (χ1n) is 8.66. The van der Waals surface area contributed by atoms with Crippen molar-refractivity contribution in [1.29, 1.82) is 0 Å². The van der Waals surface area contributed by atoms with Crippen molar-refractivity contribution in [3.63, 3.8) is 0 Å². The molecule has 2 saturated carbocycles. The van der Waals surface area contributed by atoms with E-state index in [1.54, 1.807) is 0 Å². The fourth-order valence-corrected chi connectivity index (χ4v) is 4.06. The molecule has 0 bridgehead atoms. The van der Waals surface area contributed by atoms with Gasteiger partial charge in [-0.25, -0.2) is 0 Å². The van der Waals surface area contributed by atoms with Gasteiger partial charge in [-0.1, -0.05) is 27.2 Å². The quantitative estimate of drug-likeness (QED) is 0.718. The lowest BCUT2D eigenvalue weighted by molar-refractivity contribution is 0.0763. The van der Waals surface area contributed by atoms with E-state index in [0.29, 0.717) is 18.1 Å². The third kappa shape index (κ3) is 3.75. The predicted octanol–water partition coefficient (Wildman–Crippen LogP) is 2.64. The number of aliphatic hydroxyl groups excluding tert-OH is 1. The Morgan fingerprint density at radius 2 is 2.00 bits per heavy atom. The largest absolute Gasteiger partial charge is 0.395 e. The summed E-state index contributed by atoms with van der Waals surface area (Å²) in [7, 11) is 0. The minimum Gasteiger partial charge on any atom is -0.395 e. The van der Waals surface area contributed by atoms with Gasteiger partial charge in [0, 0.05) is 25.2 Å². The molecule has 2 aliphatic carbocycles. The van der Waals surface area contributed by atoms with Crippen LogP contribution in [0.25, 0.3) is 0 Å². The number of nitrogens with one attached hydrogen (secondary N) is 1. The van der Waals surface area contributed by atoms with Crippen molar-refractivity contribution in [2.75, 3.05) is 26.2 Å². The molecule has 2 fully saturated rings. The number of nitrogens with zero attached hydrogens (tertiary/aromatic N) is 1. The van der Waals surface area contributed by atoms with Crippen molar-refractivity contribution in [1.82, 2.24) is 10.2 Å². The predicted molar refractivity (Wildman–Crippen MR) is 84.9 cm³/mol. The fourth-order valence-electron chi connectivity index (χ4n) is 4.06. The second kappa shape index (κ2) is 7.24. The van der Waals surface area contributed by atoms with Gasteiger partial charge in [-0.05, 0) is 50.0 Å². The number of hydrogen-bond donors (Lipinski definition) is 2. The topological polar surface area (TPSA) is 35.5 Å². The highest BCUT2D eigenvalue weighted by Crippen LogP contribution is 2.42. The summed E-state index contributed by atoms with van der Waals surface area (Å²) in [5.74, 6) is 0.753. The summed E-state index contributed by atoms with van der Waals surface area (Å²) in [6.45, 7) is 10.6. The number of hydrogen-bond acceptors (Lipinski definition) is 3. The van der Waals surface area contributed by atoms with E-state index in [2.05, 4.69) is 31.0 Å². The smallest absolute Gasteiger partial charge is 0.0558 e.